The molecule has 5 nitrogen and oxygen atoms in total. The highest BCUT2D eigenvalue weighted by Crippen LogP contribution is 2.37. The topological polar surface area (TPSA) is 52.0 Å². The van der Waals surface area contributed by atoms with Gasteiger partial charge in [-0.25, -0.2) is 9.97 Å². The van der Waals surface area contributed by atoms with Crippen molar-refractivity contribution in [2.24, 2.45) is 0 Å². The normalized spacial score (nSPS) is 14.8. The van der Waals surface area contributed by atoms with Crippen LogP contribution in [0.2, 0.25) is 0 Å². The molecule has 1 fully saturated rings. The van der Waals surface area contributed by atoms with Gasteiger partial charge in [0.2, 0.25) is 0 Å². The quantitative estimate of drug-likeness (QED) is 0.467. The fraction of sp³-hybridized carbons (Fsp3) is 0.308. The van der Waals surface area contributed by atoms with Gasteiger partial charge in [-0.3, -0.25) is 0 Å². The van der Waals surface area contributed by atoms with Crippen molar-refractivity contribution in [2.45, 2.75) is 39.2 Å². The maximum atomic E-state index is 5.54. The van der Waals surface area contributed by atoms with Crippen molar-refractivity contribution in [3.05, 3.63) is 72.2 Å². The number of nitrogens with one attached hydrogen (secondary N) is 1. The van der Waals surface area contributed by atoms with Crippen molar-refractivity contribution in [1.29, 1.82) is 0 Å². The molecule has 5 rings (SSSR count). The molecule has 3 heterocycles. The van der Waals surface area contributed by atoms with E-state index in [2.05, 4.69) is 78.5 Å². The first-order chi connectivity index (χ1) is 15.2. The Morgan fingerprint density at radius 1 is 1.03 bits per heavy atom. The molecule has 0 amide bonds. The Morgan fingerprint density at radius 3 is 2.68 bits per heavy atom. The number of hydrogen-bond acceptors (Lipinski definition) is 4. The molecule has 5 heteroatoms. The van der Waals surface area contributed by atoms with Crippen LogP contribution < -0.4 is 5.32 Å². The van der Waals surface area contributed by atoms with Crippen LogP contribution in [0.4, 0.5) is 5.82 Å². The summed E-state index contributed by atoms with van der Waals surface area (Å²) in [5, 5.41) is 4.78. The van der Waals surface area contributed by atoms with Crippen molar-refractivity contribution in [2.75, 3.05) is 18.5 Å². The summed E-state index contributed by atoms with van der Waals surface area (Å²) in [7, 11) is 0. The van der Waals surface area contributed by atoms with Gasteiger partial charge in [-0.2, -0.15) is 0 Å². The second-order valence-corrected chi connectivity index (χ2v) is 8.21. The van der Waals surface area contributed by atoms with E-state index in [0.29, 0.717) is 6.04 Å². The first kappa shape index (κ1) is 19.8. The first-order valence-electron chi connectivity index (χ1n) is 11.1. The molecule has 0 spiro atoms. The van der Waals surface area contributed by atoms with E-state index < -0.39 is 0 Å². The van der Waals surface area contributed by atoms with Gasteiger partial charge in [0.1, 0.15) is 12.1 Å². The average molecular weight is 413 g/mol. The van der Waals surface area contributed by atoms with Gasteiger partial charge in [-0.05, 0) is 55.0 Å². The zero-order valence-electron chi connectivity index (χ0n) is 18.1. The molecule has 0 radical (unpaired) electrons. The lowest BCUT2D eigenvalue weighted by Gasteiger charge is -2.24. The number of rotatable bonds is 5. The minimum absolute atomic E-state index is 0.364. The third-order valence-corrected chi connectivity index (χ3v) is 6.11. The minimum atomic E-state index is 0.364. The van der Waals surface area contributed by atoms with Crippen LogP contribution in [0.15, 0.2) is 61.1 Å². The smallest absolute Gasteiger partial charge is 0.150 e. The zero-order valence-corrected chi connectivity index (χ0v) is 18.1. The van der Waals surface area contributed by atoms with Gasteiger partial charge in [-0.15, -0.1) is 0 Å². The maximum absolute atomic E-state index is 5.54. The number of benzene rings is 2. The molecule has 1 N–H and O–H groups in total. The SMILES string of the molecule is CCc1ccccc1-c1cn(-c2cccc(C)c2)c2ncnc(NC3CCOCC3)c12. The summed E-state index contributed by atoms with van der Waals surface area (Å²) in [6.07, 6.45) is 6.85. The molecule has 4 aromatic rings. The molecule has 0 unspecified atom stereocenters. The highest BCUT2D eigenvalue weighted by Gasteiger charge is 2.21. The van der Waals surface area contributed by atoms with Gasteiger partial charge >= 0.3 is 0 Å². The van der Waals surface area contributed by atoms with E-state index in [4.69, 9.17) is 14.7 Å². The van der Waals surface area contributed by atoms with E-state index in [1.807, 2.05) is 0 Å². The average Bonchev–Trinajstić information content (AvgIpc) is 3.20. The Bertz CT molecular complexity index is 1210. The number of aryl methyl sites for hydroxylation is 2. The molecule has 1 aliphatic heterocycles. The molecule has 1 saturated heterocycles. The summed E-state index contributed by atoms with van der Waals surface area (Å²) in [6, 6.07) is 17.6. The van der Waals surface area contributed by atoms with Gasteiger partial charge in [0.05, 0.1) is 5.39 Å². The minimum Gasteiger partial charge on any atom is -0.381 e. The number of ether oxygens (including phenoxy) is 1. The van der Waals surface area contributed by atoms with Crippen molar-refractivity contribution in [3.63, 3.8) is 0 Å². The number of nitrogens with zero attached hydrogens (tertiary/aromatic N) is 3. The second kappa shape index (κ2) is 8.52. The van der Waals surface area contributed by atoms with Gasteiger partial charge in [-0.1, -0.05) is 43.3 Å². The van der Waals surface area contributed by atoms with Crippen LogP contribution in [0, 0.1) is 6.92 Å². The van der Waals surface area contributed by atoms with Gasteiger partial charge in [0, 0.05) is 36.7 Å². The van der Waals surface area contributed by atoms with E-state index in [1.165, 1.54) is 22.3 Å². The lowest BCUT2D eigenvalue weighted by atomic mass is 9.98. The number of aromatic nitrogens is 3. The molecule has 2 aromatic heterocycles. The van der Waals surface area contributed by atoms with E-state index in [0.717, 1.165) is 55.0 Å². The number of anilines is 1. The molecule has 0 atom stereocenters. The largest absolute Gasteiger partial charge is 0.381 e. The van der Waals surface area contributed by atoms with E-state index >= 15 is 0 Å². The molecule has 0 bridgehead atoms. The molecule has 0 saturated carbocycles. The van der Waals surface area contributed by atoms with Crippen LogP contribution in [0.25, 0.3) is 27.8 Å². The second-order valence-electron chi connectivity index (χ2n) is 8.21. The Balaban J connectivity index is 1.73. The molecule has 158 valence electrons. The summed E-state index contributed by atoms with van der Waals surface area (Å²) >= 11 is 0. The Hall–Kier alpha value is -3.18. The van der Waals surface area contributed by atoms with Crippen LogP contribution >= 0.6 is 0 Å². The molecule has 1 aliphatic rings. The van der Waals surface area contributed by atoms with E-state index in [-0.39, 0.29) is 0 Å². The summed E-state index contributed by atoms with van der Waals surface area (Å²) in [5.74, 6) is 0.907. The van der Waals surface area contributed by atoms with Gasteiger partial charge in [0.15, 0.2) is 5.65 Å². The highest BCUT2D eigenvalue weighted by atomic mass is 16.5. The molecule has 31 heavy (non-hydrogen) atoms. The number of hydrogen-bond donors (Lipinski definition) is 1. The van der Waals surface area contributed by atoms with Crippen LogP contribution in [-0.4, -0.2) is 33.8 Å². The maximum Gasteiger partial charge on any atom is 0.150 e. The lowest BCUT2D eigenvalue weighted by Crippen LogP contribution is -2.28. The van der Waals surface area contributed by atoms with Crippen molar-refractivity contribution >= 4 is 16.9 Å². The van der Waals surface area contributed by atoms with Crippen LogP contribution in [0.1, 0.15) is 30.9 Å². The fourth-order valence-corrected chi connectivity index (χ4v) is 4.48. The predicted molar refractivity (Wildman–Crippen MR) is 126 cm³/mol. The third-order valence-electron chi connectivity index (χ3n) is 6.11. The predicted octanol–water partition coefficient (Wildman–Crippen LogP) is 5.55. The Kier molecular flexibility index (Phi) is 5.43. The zero-order chi connectivity index (χ0) is 21.2. The summed E-state index contributed by atoms with van der Waals surface area (Å²) < 4.78 is 7.74. The summed E-state index contributed by atoms with van der Waals surface area (Å²) in [5.41, 5.74) is 7.00. The van der Waals surface area contributed by atoms with Crippen molar-refractivity contribution in [1.82, 2.24) is 14.5 Å². The fourth-order valence-electron chi connectivity index (χ4n) is 4.48. The first-order valence-corrected chi connectivity index (χ1v) is 11.1. The molecule has 0 aliphatic carbocycles. The van der Waals surface area contributed by atoms with Crippen molar-refractivity contribution in [3.8, 4) is 16.8 Å². The highest BCUT2D eigenvalue weighted by molar-refractivity contribution is 6.02. The van der Waals surface area contributed by atoms with Crippen LogP contribution in [-0.2, 0) is 11.2 Å². The summed E-state index contributed by atoms with van der Waals surface area (Å²) in [4.78, 5) is 9.42. The Morgan fingerprint density at radius 2 is 1.87 bits per heavy atom. The van der Waals surface area contributed by atoms with Gasteiger partial charge < -0.3 is 14.6 Å². The molecule has 2 aromatic carbocycles. The van der Waals surface area contributed by atoms with Crippen LogP contribution in [0.5, 0.6) is 0 Å². The van der Waals surface area contributed by atoms with Crippen molar-refractivity contribution < 1.29 is 4.74 Å². The Labute approximate surface area is 183 Å². The standard InChI is InChI=1S/C26H28N4O/c1-3-19-8-4-5-10-22(19)23-16-30(21-9-6-7-18(2)15-21)26-24(23)25(27-17-28-26)29-20-11-13-31-14-12-20/h4-10,15-17,20H,3,11-14H2,1-2H3,(H,27,28,29). The van der Waals surface area contributed by atoms with E-state index in [9.17, 15) is 0 Å². The molecular weight excluding hydrogens is 384 g/mol. The molecular formula is C26H28N4O. The number of fused-ring (bicyclic) bond motifs is 1. The monoisotopic (exact) mass is 412 g/mol. The summed E-state index contributed by atoms with van der Waals surface area (Å²) in [6.45, 7) is 5.91. The van der Waals surface area contributed by atoms with Crippen LogP contribution in [0.3, 0.4) is 0 Å². The third kappa shape index (κ3) is 3.81. The lowest BCUT2D eigenvalue weighted by molar-refractivity contribution is 0.0904. The van der Waals surface area contributed by atoms with Gasteiger partial charge in [0.25, 0.3) is 0 Å². The van der Waals surface area contributed by atoms with E-state index in [1.54, 1.807) is 6.33 Å².